The van der Waals surface area contributed by atoms with Crippen LogP contribution >= 0.6 is 0 Å². The predicted molar refractivity (Wildman–Crippen MR) is 132 cm³/mol. The lowest BCUT2D eigenvalue weighted by atomic mass is 9.97. The van der Waals surface area contributed by atoms with Crippen LogP contribution in [0.5, 0.6) is 5.75 Å². The molecule has 4 heteroatoms. The fourth-order valence-corrected chi connectivity index (χ4v) is 4.32. The first-order valence-electron chi connectivity index (χ1n) is 11.7. The van der Waals surface area contributed by atoms with Gasteiger partial charge in [0.1, 0.15) is 11.4 Å². The van der Waals surface area contributed by atoms with Crippen molar-refractivity contribution in [2.24, 2.45) is 5.92 Å². The Kier molecular flexibility index (Phi) is 8.75. The molecule has 3 rings (SSSR count). The van der Waals surface area contributed by atoms with Gasteiger partial charge in [0.2, 0.25) is 0 Å². The average molecular weight is 435 g/mol. The number of piperidine rings is 1. The minimum absolute atomic E-state index is 0.724. The van der Waals surface area contributed by atoms with Gasteiger partial charge in [0, 0.05) is 31.7 Å². The zero-order valence-corrected chi connectivity index (χ0v) is 20.1. The first kappa shape index (κ1) is 24.3. The van der Waals surface area contributed by atoms with Crippen molar-refractivity contribution in [3.63, 3.8) is 0 Å². The molecular formula is C28H38N2O2. The van der Waals surface area contributed by atoms with Crippen LogP contribution in [-0.4, -0.2) is 60.8 Å². The van der Waals surface area contributed by atoms with Crippen LogP contribution in [0.15, 0.2) is 48.5 Å². The van der Waals surface area contributed by atoms with E-state index in [1.807, 2.05) is 12.1 Å². The molecule has 1 aliphatic heterocycles. The molecule has 1 saturated heterocycles. The second-order valence-corrected chi connectivity index (χ2v) is 9.61. The van der Waals surface area contributed by atoms with Gasteiger partial charge in [0.15, 0.2) is 0 Å². The van der Waals surface area contributed by atoms with E-state index in [9.17, 15) is 5.11 Å². The summed E-state index contributed by atoms with van der Waals surface area (Å²) in [6.45, 7) is 9.00. The number of rotatable bonds is 8. The van der Waals surface area contributed by atoms with Crippen LogP contribution in [0.25, 0.3) is 0 Å². The molecule has 172 valence electrons. The molecule has 1 N–H and O–H groups in total. The third-order valence-electron chi connectivity index (χ3n) is 5.97. The Morgan fingerprint density at radius 1 is 1.09 bits per heavy atom. The molecule has 1 aliphatic rings. The number of likely N-dealkylation sites (tertiary alicyclic amines) is 1. The minimum atomic E-state index is -0.957. The summed E-state index contributed by atoms with van der Waals surface area (Å²) in [5.41, 5.74) is 2.66. The van der Waals surface area contributed by atoms with E-state index < -0.39 is 5.60 Å². The predicted octanol–water partition coefficient (Wildman–Crippen LogP) is 4.20. The van der Waals surface area contributed by atoms with Gasteiger partial charge in [-0.25, -0.2) is 0 Å². The third-order valence-corrected chi connectivity index (χ3v) is 5.97. The van der Waals surface area contributed by atoms with Crippen molar-refractivity contribution in [3.8, 4) is 17.6 Å². The molecule has 0 radical (unpaired) electrons. The number of methoxy groups -OCH3 is 1. The summed E-state index contributed by atoms with van der Waals surface area (Å²) in [5, 5.41) is 9.75. The normalized spacial score (nSPS) is 17.1. The van der Waals surface area contributed by atoms with Crippen LogP contribution < -0.4 is 4.74 Å². The van der Waals surface area contributed by atoms with E-state index in [0.717, 1.165) is 43.3 Å². The van der Waals surface area contributed by atoms with E-state index in [1.54, 1.807) is 21.0 Å². The zero-order valence-electron chi connectivity index (χ0n) is 20.1. The first-order chi connectivity index (χ1) is 15.3. The van der Waals surface area contributed by atoms with Gasteiger partial charge in [-0.1, -0.05) is 36.1 Å². The number of nitrogens with zero attached hydrogens (tertiary/aromatic N) is 2. The lowest BCUT2D eigenvalue weighted by Gasteiger charge is -2.34. The van der Waals surface area contributed by atoms with Gasteiger partial charge in [-0.15, -0.1) is 0 Å². The molecule has 4 nitrogen and oxygen atoms in total. The zero-order chi connectivity index (χ0) is 23.0. The number of ether oxygens (including phenoxy) is 1. The van der Waals surface area contributed by atoms with Gasteiger partial charge in [-0.3, -0.25) is 0 Å². The highest BCUT2D eigenvalue weighted by molar-refractivity contribution is 5.37. The van der Waals surface area contributed by atoms with Crippen molar-refractivity contribution in [1.82, 2.24) is 9.80 Å². The maximum absolute atomic E-state index is 9.75. The quantitative estimate of drug-likeness (QED) is 0.632. The van der Waals surface area contributed by atoms with Crippen LogP contribution in [0.1, 0.15) is 43.4 Å². The lowest BCUT2D eigenvalue weighted by Crippen LogP contribution is -2.40. The van der Waals surface area contributed by atoms with Gasteiger partial charge in [-0.05, 0) is 88.0 Å². The highest BCUT2D eigenvalue weighted by Crippen LogP contribution is 2.19. The molecule has 0 amide bonds. The highest BCUT2D eigenvalue weighted by Gasteiger charge is 2.21. The molecule has 1 atom stereocenters. The van der Waals surface area contributed by atoms with E-state index in [0.29, 0.717) is 0 Å². The Morgan fingerprint density at radius 3 is 2.44 bits per heavy atom. The molecule has 0 unspecified atom stereocenters. The average Bonchev–Trinajstić information content (AvgIpc) is 2.77. The van der Waals surface area contributed by atoms with Crippen molar-refractivity contribution >= 4 is 0 Å². The van der Waals surface area contributed by atoms with Crippen LogP contribution in [0, 0.1) is 17.8 Å². The third kappa shape index (κ3) is 8.31. The van der Waals surface area contributed by atoms with Gasteiger partial charge < -0.3 is 19.6 Å². The summed E-state index contributed by atoms with van der Waals surface area (Å²) < 4.78 is 5.26. The van der Waals surface area contributed by atoms with Crippen LogP contribution in [0.2, 0.25) is 0 Å². The number of benzene rings is 2. The van der Waals surface area contributed by atoms with E-state index in [1.165, 1.54) is 37.1 Å². The summed E-state index contributed by atoms with van der Waals surface area (Å²) >= 11 is 0. The summed E-state index contributed by atoms with van der Waals surface area (Å²) in [5.74, 6) is 7.55. The van der Waals surface area contributed by atoms with E-state index in [-0.39, 0.29) is 0 Å². The van der Waals surface area contributed by atoms with Crippen molar-refractivity contribution < 1.29 is 9.84 Å². The van der Waals surface area contributed by atoms with Crippen molar-refractivity contribution in [2.45, 2.75) is 45.3 Å². The number of hydrogen-bond acceptors (Lipinski definition) is 4. The van der Waals surface area contributed by atoms with Crippen LogP contribution in [-0.2, 0) is 13.0 Å². The second-order valence-electron chi connectivity index (χ2n) is 9.61. The molecule has 0 aromatic heterocycles. The van der Waals surface area contributed by atoms with Crippen LogP contribution in [0.3, 0.4) is 0 Å². The van der Waals surface area contributed by atoms with Gasteiger partial charge in [0.25, 0.3) is 0 Å². The van der Waals surface area contributed by atoms with Crippen molar-refractivity contribution in [2.75, 3.05) is 40.3 Å². The van der Waals surface area contributed by atoms with Gasteiger partial charge >= 0.3 is 0 Å². The Morgan fingerprint density at radius 2 is 1.78 bits per heavy atom. The molecule has 1 heterocycles. The molecular weight excluding hydrogens is 396 g/mol. The van der Waals surface area contributed by atoms with E-state index in [2.05, 4.69) is 65.1 Å². The largest absolute Gasteiger partial charge is 0.497 e. The molecule has 32 heavy (non-hydrogen) atoms. The molecule has 2 aromatic carbocycles. The lowest BCUT2D eigenvalue weighted by molar-refractivity contribution is 0.142. The van der Waals surface area contributed by atoms with Crippen molar-refractivity contribution in [1.29, 1.82) is 0 Å². The maximum atomic E-state index is 9.75. The highest BCUT2D eigenvalue weighted by atomic mass is 16.5. The van der Waals surface area contributed by atoms with E-state index >= 15 is 0 Å². The maximum Gasteiger partial charge on any atom is 0.120 e. The molecule has 2 aromatic rings. The summed E-state index contributed by atoms with van der Waals surface area (Å²) in [7, 11) is 3.93. The number of hydrogen-bond donors (Lipinski definition) is 1. The standard InChI is InChI=1S/C28H38N2O2/c1-28(2,31)17-15-23-7-9-25(10-8-23)20-29(3)21-26-6-5-18-30(22-26)19-16-24-11-13-27(32-4)14-12-24/h7-14,26,31H,5-6,16,18-22H2,1-4H3/t26-/m0/s1. The summed E-state index contributed by atoms with van der Waals surface area (Å²) in [4.78, 5) is 5.07. The summed E-state index contributed by atoms with van der Waals surface area (Å²) in [6, 6.07) is 16.8. The topological polar surface area (TPSA) is 35.9 Å². The Labute approximate surface area is 194 Å². The first-order valence-corrected chi connectivity index (χ1v) is 11.7. The van der Waals surface area contributed by atoms with Crippen molar-refractivity contribution in [3.05, 3.63) is 65.2 Å². The Bertz CT molecular complexity index is 888. The Balaban J connectivity index is 1.44. The van der Waals surface area contributed by atoms with Crippen LogP contribution in [0.4, 0.5) is 0 Å². The molecule has 0 bridgehead atoms. The molecule has 0 spiro atoms. The molecule has 0 saturated carbocycles. The monoisotopic (exact) mass is 434 g/mol. The SMILES string of the molecule is COc1ccc(CCN2CCC[C@@H](CN(C)Cc3ccc(C#CC(C)(C)O)cc3)C2)cc1. The number of aliphatic hydroxyl groups is 1. The smallest absolute Gasteiger partial charge is 0.120 e. The fraction of sp³-hybridized carbons (Fsp3) is 0.500. The molecule has 0 aliphatic carbocycles. The van der Waals surface area contributed by atoms with Gasteiger partial charge in [-0.2, -0.15) is 0 Å². The van der Waals surface area contributed by atoms with Gasteiger partial charge in [0.05, 0.1) is 7.11 Å². The van der Waals surface area contributed by atoms with E-state index in [4.69, 9.17) is 4.74 Å². The minimum Gasteiger partial charge on any atom is -0.497 e. The fourth-order valence-electron chi connectivity index (χ4n) is 4.32. The summed E-state index contributed by atoms with van der Waals surface area (Å²) in [6.07, 6.45) is 3.69. The Hall–Kier alpha value is -2.32. The molecule has 1 fully saturated rings. The second kappa shape index (κ2) is 11.5.